The van der Waals surface area contributed by atoms with Crippen LogP contribution in [0.25, 0.3) is 0 Å². The van der Waals surface area contributed by atoms with Crippen LogP contribution in [-0.4, -0.2) is 60.3 Å². The van der Waals surface area contributed by atoms with Crippen LogP contribution >= 0.6 is 0 Å². The van der Waals surface area contributed by atoms with Crippen molar-refractivity contribution in [2.24, 2.45) is 0 Å². The summed E-state index contributed by atoms with van der Waals surface area (Å²) in [6.45, 7) is 4.44. The molecule has 2 atom stereocenters. The Labute approximate surface area is 236 Å². The summed E-state index contributed by atoms with van der Waals surface area (Å²) in [5.74, 6) is -1.72. The average Bonchev–Trinajstić information content (AvgIpc) is 3.48. The molecule has 3 saturated heterocycles. The van der Waals surface area contributed by atoms with Gasteiger partial charge in [-0.05, 0) is 6.92 Å². The highest BCUT2D eigenvalue weighted by molar-refractivity contribution is 5.89. The zero-order chi connectivity index (χ0) is 26.6. The third-order valence-electron chi connectivity index (χ3n) is 8.78. The standard InChI is InChI=1S/C31H38NO6.ClH/c1-2-36-28(33)17-18-29(34)38-31(23-11-5-3-6-12-23,24-13-7-4-8-14-24)30(35)37-27-21-25-15-16-26(22-27)32(25)19-9-10-20-32;/h3-8,11-14,25-27H,2,9-10,15-22H2,1H3;1H/q+1;/p-1. The molecule has 0 aromatic heterocycles. The highest BCUT2D eigenvalue weighted by Gasteiger charge is 2.57. The van der Waals surface area contributed by atoms with E-state index in [0.29, 0.717) is 23.2 Å². The van der Waals surface area contributed by atoms with Crippen molar-refractivity contribution in [3.63, 3.8) is 0 Å². The Morgan fingerprint density at radius 3 is 1.85 bits per heavy atom. The van der Waals surface area contributed by atoms with Gasteiger partial charge in [-0.2, -0.15) is 0 Å². The van der Waals surface area contributed by atoms with Gasteiger partial charge in [0.1, 0.15) is 6.10 Å². The van der Waals surface area contributed by atoms with Crippen LogP contribution in [0.15, 0.2) is 60.7 Å². The number of hydrogen-bond acceptors (Lipinski definition) is 6. The number of piperidine rings is 1. The largest absolute Gasteiger partial charge is 1.00 e. The molecule has 2 bridgehead atoms. The number of halogens is 1. The summed E-state index contributed by atoms with van der Waals surface area (Å²) in [6, 6.07) is 19.1. The summed E-state index contributed by atoms with van der Waals surface area (Å²) in [6.07, 6.45) is 6.10. The number of hydrogen-bond donors (Lipinski definition) is 0. The fourth-order valence-electron chi connectivity index (χ4n) is 7.11. The molecule has 7 nitrogen and oxygen atoms in total. The maximum Gasteiger partial charge on any atom is 0.360 e. The first-order valence-electron chi connectivity index (χ1n) is 14.0. The van der Waals surface area contributed by atoms with Crippen molar-refractivity contribution >= 4 is 17.9 Å². The summed E-state index contributed by atoms with van der Waals surface area (Å²) in [5.41, 5.74) is -0.741. The number of nitrogens with zero attached hydrogens (tertiary/aromatic N) is 1. The summed E-state index contributed by atoms with van der Waals surface area (Å²) in [5, 5.41) is 0. The monoisotopic (exact) mass is 555 g/mol. The second-order valence-electron chi connectivity index (χ2n) is 10.8. The Kier molecular flexibility index (Phi) is 9.34. The van der Waals surface area contributed by atoms with Gasteiger partial charge in [0.15, 0.2) is 0 Å². The first-order valence-corrected chi connectivity index (χ1v) is 14.0. The van der Waals surface area contributed by atoms with Gasteiger partial charge in [0.05, 0.1) is 44.6 Å². The minimum absolute atomic E-state index is 0. The molecule has 3 fully saturated rings. The number of rotatable bonds is 9. The molecular formula is C31H38ClNO6. The van der Waals surface area contributed by atoms with Crippen molar-refractivity contribution < 1.29 is 45.5 Å². The Balaban J connectivity index is 0.00000353. The van der Waals surface area contributed by atoms with E-state index in [1.165, 1.54) is 43.3 Å². The second-order valence-corrected chi connectivity index (χ2v) is 10.8. The Morgan fingerprint density at radius 2 is 1.33 bits per heavy atom. The number of carbonyl (C=O) groups excluding carboxylic acids is 3. The van der Waals surface area contributed by atoms with Gasteiger partial charge in [0.25, 0.3) is 5.60 Å². The highest BCUT2D eigenvalue weighted by atomic mass is 35.5. The Morgan fingerprint density at radius 1 is 0.821 bits per heavy atom. The van der Waals surface area contributed by atoms with E-state index in [4.69, 9.17) is 14.2 Å². The van der Waals surface area contributed by atoms with Gasteiger partial charge in [-0.25, -0.2) is 4.79 Å². The molecule has 0 N–H and O–H groups in total. The summed E-state index contributed by atoms with van der Waals surface area (Å²) < 4.78 is 18.5. The molecule has 2 aromatic carbocycles. The predicted octanol–water partition coefficient (Wildman–Crippen LogP) is 1.67. The van der Waals surface area contributed by atoms with Crippen molar-refractivity contribution in [1.29, 1.82) is 0 Å². The molecule has 2 aromatic rings. The minimum Gasteiger partial charge on any atom is -1.00 e. The van der Waals surface area contributed by atoms with Gasteiger partial charge < -0.3 is 31.1 Å². The van der Waals surface area contributed by atoms with Gasteiger partial charge >= 0.3 is 17.9 Å². The molecule has 210 valence electrons. The van der Waals surface area contributed by atoms with E-state index >= 15 is 0 Å². The van der Waals surface area contributed by atoms with E-state index in [1.807, 2.05) is 36.4 Å². The SMILES string of the molecule is CCOC(=O)CCC(=O)OC(C(=O)OC1CC2CCC(C1)[N+]21CCCC1)(c1ccccc1)c1ccccc1.[Cl-]. The maximum absolute atomic E-state index is 14.3. The highest BCUT2D eigenvalue weighted by Crippen LogP contribution is 2.47. The smallest absolute Gasteiger partial charge is 0.360 e. The van der Waals surface area contributed by atoms with Crippen molar-refractivity contribution in [2.45, 2.75) is 82.1 Å². The zero-order valence-corrected chi connectivity index (χ0v) is 23.3. The molecule has 0 aliphatic carbocycles. The molecule has 5 rings (SSSR count). The average molecular weight is 556 g/mol. The number of carbonyl (C=O) groups is 3. The third-order valence-corrected chi connectivity index (χ3v) is 8.78. The van der Waals surface area contributed by atoms with Gasteiger partial charge in [0.2, 0.25) is 0 Å². The first kappa shape index (κ1) is 29.1. The Bertz CT molecular complexity index is 1080. The zero-order valence-electron chi connectivity index (χ0n) is 22.6. The third kappa shape index (κ3) is 5.71. The van der Waals surface area contributed by atoms with Gasteiger partial charge in [0, 0.05) is 49.7 Å². The second kappa shape index (κ2) is 12.5. The van der Waals surface area contributed by atoms with E-state index in [9.17, 15) is 14.4 Å². The van der Waals surface area contributed by atoms with Gasteiger partial charge in [-0.15, -0.1) is 0 Å². The molecule has 1 spiro atoms. The lowest BCUT2D eigenvalue weighted by molar-refractivity contribution is -0.956. The van der Waals surface area contributed by atoms with Crippen LogP contribution in [0.4, 0.5) is 0 Å². The molecular weight excluding hydrogens is 518 g/mol. The topological polar surface area (TPSA) is 78.9 Å². The summed E-state index contributed by atoms with van der Waals surface area (Å²) in [4.78, 5) is 39.3. The van der Waals surface area contributed by atoms with E-state index in [-0.39, 0.29) is 38.0 Å². The molecule has 8 heteroatoms. The van der Waals surface area contributed by atoms with Crippen molar-refractivity contribution in [2.75, 3.05) is 19.7 Å². The van der Waals surface area contributed by atoms with Crippen molar-refractivity contribution in [1.82, 2.24) is 0 Å². The minimum atomic E-state index is -1.77. The summed E-state index contributed by atoms with van der Waals surface area (Å²) >= 11 is 0. The quantitative estimate of drug-likeness (QED) is 0.266. The molecule has 0 radical (unpaired) electrons. The number of ether oxygens (including phenoxy) is 3. The fraction of sp³-hybridized carbons (Fsp3) is 0.516. The molecule has 0 amide bonds. The van der Waals surface area contributed by atoms with Crippen LogP contribution in [0.5, 0.6) is 0 Å². The fourth-order valence-corrected chi connectivity index (χ4v) is 7.11. The lowest BCUT2D eigenvalue weighted by Gasteiger charge is -2.47. The first-order chi connectivity index (χ1) is 18.5. The van der Waals surface area contributed by atoms with Crippen LogP contribution in [0.2, 0.25) is 0 Å². The van der Waals surface area contributed by atoms with Crippen molar-refractivity contribution in [3.8, 4) is 0 Å². The van der Waals surface area contributed by atoms with Gasteiger partial charge in [-0.3, -0.25) is 9.59 Å². The van der Waals surface area contributed by atoms with E-state index in [0.717, 1.165) is 12.8 Å². The normalized spacial score (nSPS) is 23.1. The van der Waals surface area contributed by atoms with Gasteiger partial charge in [-0.1, -0.05) is 60.7 Å². The molecule has 3 heterocycles. The molecule has 2 unspecified atom stereocenters. The molecule has 3 aliphatic rings. The molecule has 39 heavy (non-hydrogen) atoms. The number of quaternary nitrogens is 1. The molecule has 0 saturated carbocycles. The van der Waals surface area contributed by atoms with Crippen molar-refractivity contribution in [3.05, 3.63) is 71.8 Å². The number of esters is 3. The molecule has 3 aliphatic heterocycles. The van der Waals surface area contributed by atoms with Crippen LogP contribution in [0.1, 0.15) is 69.4 Å². The van der Waals surface area contributed by atoms with E-state index in [2.05, 4.69) is 0 Å². The Hall–Kier alpha value is -2.90. The summed E-state index contributed by atoms with van der Waals surface area (Å²) in [7, 11) is 0. The van der Waals surface area contributed by atoms with E-state index < -0.39 is 23.5 Å². The maximum atomic E-state index is 14.3. The lowest BCUT2D eigenvalue weighted by Crippen LogP contribution is -3.00. The number of benzene rings is 2. The van der Waals surface area contributed by atoms with Crippen LogP contribution < -0.4 is 12.4 Å². The predicted molar refractivity (Wildman–Crippen MR) is 141 cm³/mol. The lowest BCUT2D eigenvalue weighted by atomic mass is 9.85. The van der Waals surface area contributed by atoms with Crippen LogP contribution in [0, 0.1) is 0 Å². The van der Waals surface area contributed by atoms with E-state index in [1.54, 1.807) is 31.2 Å². The van der Waals surface area contributed by atoms with Crippen LogP contribution in [-0.2, 0) is 34.2 Å². The van der Waals surface area contributed by atoms with Crippen LogP contribution in [0.3, 0.4) is 0 Å².